The molecule has 0 fully saturated rings. The van der Waals surface area contributed by atoms with Crippen molar-refractivity contribution in [3.8, 4) is 0 Å². The smallest absolute Gasteiger partial charge is 0.325 e. The fourth-order valence-corrected chi connectivity index (χ4v) is 4.84. The molecule has 26 heavy (non-hydrogen) atoms. The van der Waals surface area contributed by atoms with Crippen LogP contribution in [0.3, 0.4) is 0 Å². The molecular formula is C19H24Br2NO3P. The van der Waals surface area contributed by atoms with E-state index in [1.54, 1.807) is 6.92 Å². The molecule has 0 spiro atoms. The summed E-state index contributed by atoms with van der Waals surface area (Å²) in [5, 5.41) is 2.58. The number of H-pyrrole nitrogens is 1. The molecule has 142 valence electrons. The van der Waals surface area contributed by atoms with Gasteiger partial charge in [0, 0.05) is 31.4 Å². The Morgan fingerprint density at radius 2 is 1.65 bits per heavy atom. The maximum atomic E-state index is 9.93. The number of halogens is 2. The Balaban J connectivity index is 0.000000298. The topological polar surface area (TPSA) is 73.3 Å². The summed E-state index contributed by atoms with van der Waals surface area (Å²) in [6.07, 6.45) is 2.66. The lowest BCUT2D eigenvalue weighted by molar-refractivity contribution is 0.372. The predicted molar refractivity (Wildman–Crippen MR) is 117 cm³/mol. The summed E-state index contributed by atoms with van der Waals surface area (Å²) in [5.41, 5.74) is 5.34. The quantitative estimate of drug-likeness (QED) is 0.353. The van der Waals surface area contributed by atoms with Crippen molar-refractivity contribution in [3.05, 3.63) is 44.3 Å². The molecule has 1 aromatic heterocycles. The van der Waals surface area contributed by atoms with E-state index >= 15 is 0 Å². The van der Waals surface area contributed by atoms with Crippen molar-refractivity contribution in [2.24, 2.45) is 0 Å². The zero-order valence-corrected chi connectivity index (χ0v) is 19.2. The van der Waals surface area contributed by atoms with Crippen LogP contribution in [0.4, 0.5) is 0 Å². The zero-order valence-electron chi connectivity index (χ0n) is 15.1. The molecule has 3 N–H and O–H groups in total. The lowest BCUT2D eigenvalue weighted by Gasteiger charge is -2.10. The van der Waals surface area contributed by atoms with Gasteiger partial charge in [-0.25, -0.2) is 0 Å². The van der Waals surface area contributed by atoms with Gasteiger partial charge >= 0.3 is 7.60 Å². The van der Waals surface area contributed by atoms with Gasteiger partial charge in [0.2, 0.25) is 0 Å². The maximum Gasteiger partial charge on any atom is 0.325 e. The van der Waals surface area contributed by atoms with E-state index in [4.69, 9.17) is 9.79 Å². The van der Waals surface area contributed by atoms with Gasteiger partial charge in [-0.05, 0) is 54.7 Å². The van der Waals surface area contributed by atoms with Crippen LogP contribution in [0, 0.1) is 0 Å². The minimum Gasteiger partial charge on any atom is -0.354 e. The monoisotopic (exact) mass is 503 g/mol. The SMILES string of the molecule is CCCP(=O)(O)O.CCc1c(Br)cc2c([nH]c3ccc(Br)cc32)c1CC. The summed E-state index contributed by atoms with van der Waals surface area (Å²) in [6, 6.07) is 8.65. The molecule has 0 radical (unpaired) electrons. The predicted octanol–water partition coefficient (Wildman–Crippen LogP) is 6.55. The van der Waals surface area contributed by atoms with Gasteiger partial charge in [-0.2, -0.15) is 0 Å². The lowest BCUT2D eigenvalue weighted by Crippen LogP contribution is -1.94. The second kappa shape index (κ2) is 9.03. The fraction of sp³-hybridized carbons (Fsp3) is 0.368. The van der Waals surface area contributed by atoms with Crippen molar-refractivity contribution in [1.82, 2.24) is 4.98 Å². The summed E-state index contributed by atoms with van der Waals surface area (Å²) >= 11 is 7.29. The van der Waals surface area contributed by atoms with Crippen LogP contribution in [0.2, 0.25) is 0 Å². The van der Waals surface area contributed by atoms with E-state index in [2.05, 4.69) is 75.0 Å². The number of hydrogen-bond acceptors (Lipinski definition) is 1. The van der Waals surface area contributed by atoms with Crippen LogP contribution in [0.25, 0.3) is 21.8 Å². The molecule has 0 bridgehead atoms. The molecule has 0 aliphatic carbocycles. The first-order valence-electron chi connectivity index (χ1n) is 8.67. The number of nitrogens with one attached hydrogen (secondary N) is 1. The van der Waals surface area contributed by atoms with Gasteiger partial charge in [-0.15, -0.1) is 0 Å². The normalized spacial score (nSPS) is 11.7. The lowest BCUT2D eigenvalue weighted by atomic mass is 9.99. The van der Waals surface area contributed by atoms with Crippen LogP contribution in [-0.4, -0.2) is 20.9 Å². The van der Waals surface area contributed by atoms with Crippen molar-refractivity contribution in [1.29, 1.82) is 0 Å². The maximum absolute atomic E-state index is 9.93. The fourth-order valence-electron chi connectivity index (χ4n) is 3.15. The highest BCUT2D eigenvalue weighted by molar-refractivity contribution is 9.10. The van der Waals surface area contributed by atoms with Crippen LogP contribution in [-0.2, 0) is 17.4 Å². The molecule has 0 atom stereocenters. The first kappa shape index (κ1) is 21.6. The third-order valence-electron chi connectivity index (χ3n) is 4.25. The van der Waals surface area contributed by atoms with Crippen LogP contribution in [0.15, 0.2) is 33.2 Å². The molecule has 0 amide bonds. The number of hydrogen-bond donors (Lipinski definition) is 3. The van der Waals surface area contributed by atoms with Gasteiger partial charge in [0.15, 0.2) is 0 Å². The number of fused-ring (bicyclic) bond motifs is 3. The van der Waals surface area contributed by atoms with E-state index in [-0.39, 0.29) is 6.16 Å². The zero-order chi connectivity index (χ0) is 19.5. The Morgan fingerprint density at radius 3 is 2.15 bits per heavy atom. The van der Waals surface area contributed by atoms with E-state index in [0.717, 1.165) is 17.3 Å². The van der Waals surface area contributed by atoms with E-state index in [9.17, 15) is 4.57 Å². The third-order valence-corrected chi connectivity index (χ3v) is 6.48. The molecule has 7 heteroatoms. The molecular weight excluding hydrogens is 481 g/mol. The highest BCUT2D eigenvalue weighted by Crippen LogP contribution is 2.36. The molecule has 4 nitrogen and oxygen atoms in total. The summed E-state index contributed by atoms with van der Waals surface area (Å²) in [7, 11) is -3.67. The van der Waals surface area contributed by atoms with E-state index < -0.39 is 7.60 Å². The van der Waals surface area contributed by atoms with Crippen LogP contribution >= 0.6 is 39.5 Å². The average Bonchev–Trinajstić information content (AvgIpc) is 2.90. The van der Waals surface area contributed by atoms with Gasteiger partial charge in [0.05, 0.1) is 5.52 Å². The number of aryl methyl sites for hydroxylation is 1. The van der Waals surface area contributed by atoms with Crippen molar-refractivity contribution < 1.29 is 14.4 Å². The minimum atomic E-state index is -3.67. The van der Waals surface area contributed by atoms with E-state index in [1.807, 2.05) is 0 Å². The molecule has 0 unspecified atom stereocenters. The van der Waals surface area contributed by atoms with Crippen molar-refractivity contribution in [2.45, 2.75) is 40.0 Å². The van der Waals surface area contributed by atoms with Gasteiger partial charge in [0.25, 0.3) is 0 Å². The Bertz CT molecular complexity index is 962. The second-order valence-corrected chi connectivity index (χ2v) is 9.69. The third kappa shape index (κ3) is 4.99. The van der Waals surface area contributed by atoms with Gasteiger partial charge in [-0.3, -0.25) is 4.57 Å². The van der Waals surface area contributed by atoms with Crippen LogP contribution < -0.4 is 0 Å². The second-order valence-electron chi connectivity index (χ2n) is 6.15. The molecule has 0 saturated heterocycles. The summed E-state index contributed by atoms with van der Waals surface area (Å²) < 4.78 is 12.3. The number of aromatic amines is 1. The number of aromatic nitrogens is 1. The Hall–Kier alpha value is -0.650. The van der Waals surface area contributed by atoms with E-state index in [1.165, 1.54) is 37.4 Å². The van der Waals surface area contributed by atoms with Crippen molar-refractivity contribution in [3.63, 3.8) is 0 Å². The molecule has 3 aromatic rings. The minimum absolute atomic E-state index is 0.00694. The Morgan fingerprint density at radius 1 is 1.00 bits per heavy atom. The number of benzene rings is 2. The highest BCUT2D eigenvalue weighted by Gasteiger charge is 2.14. The summed E-state index contributed by atoms with van der Waals surface area (Å²) in [5.74, 6) is 0. The standard InChI is InChI=1S/C16H15Br2N.C3H9O3P/c1-3-10-11(4-2)16-13(8-14(10)18)12-7-9(17)5-6-15(12)19-16;1-2-3-7(4,5)6/h5-8,19H,3-4H2,1-2H3;2-3H2,1H3,(H2,4,5,6). The van der Waals surface area contributed by atoms with E-state index in [0.29, 0.717) is 6.42 Å². The van der Waals surface area contributed by atoms with Crippen LogP contribution in [0.1, 0.15) is 38.3 Å². The Labute approximate surface area is 170 Å². The van der Waals surface area contributed by atoms with Gasteiger partial charge < -0.3 is 14.8 Å². The van der Waals surface area contributed by atoms with Crippen molar-refractivity contribution >= 4 is 61.3 Å². The highest BCUT2D eigenvalue weighted by atomic mass is 79.9. The van der Waals surface area contributed by atoms with Crippen molar-refractivity contribution in [2.75, 3.05) is 6.16 Å². The first-order valence-corrected chi connectivity index (χ1v) is 12.1. The van der Waals surface area contributed by atoms with Gasteiger partial charge in [-0.1, -0.05) is 52.6 Å². The molecule has 2 aromatic carbocycles. The molecule has 0 saturated carbocycles. The first-order chi connectivity index (χ1) is 12.2. The molecule has 0 aliphatic heterocycles. The van der Waals surface area contributed by atoms with Gasteiger partial charge in [0.1, 0.15) is 0 Å². The number of rotatable bonds is 4. The largest absolute Gasteiger partial charge is 0.354 e. The molecule has 1 heterocycles. The average molecular weight is 505 g/mol. The molecule has 0 aliphatic rings. The molecule has 3 rings (SSSR count). The summed E-state index contributed by atoms with van der Waals surface area (Å²) in [4.78, 5) is 19.8. The summed E-state index contributed by atoms with van der Waals surface area (Å²) in [6.45, 7) is 6.17. The van der Waals surface area contributed by atoms with Crippen LogP contribution in [0.5, 0.6) is 0 Å². The Kier molecular flexibility index (Phi) is 7.52.